The lowest BCUT2D eigenvalue weighted by molar-refractivity contribution is 0.621. The van der Waals surface area contributed by atoms with Gasteiger partial charge in [0.15, 0.2) is 0 Å². The first-order valence-corrected chi connectivity index (χ1v) is 6.69. The minimum Gasteiger partial charge on any atom is -0.312 e. The van der Waals surface area contributed by atoms with Crippen LogP contribution < -0.4 is 5.32 Å². The van der Waals surface area contributed by atoms with E-state index in [4.69, 9.17) is 11.6 Å². The third kappa shape index (κ3) is 3.53. The van der Waals surface area contributed by atoms with Crippen LogP contribution in [0.5, 0.6) is 0 Å². The van der Waals surface area contributed by atoms with Crippen molar-refractivity contribution >= 4 is 22.9 Å². The van der Waals surface area contributed by atoms with Crippen LogP contribution in [-0.2, 0) is 13.0 Å². The summed E-state index contributed by atoms with van der Waals surface area (Å²) < 4.78 is 13.2. The molecule has 2 rings (SSSR count). The molecule has 1 aromatic carbocycles. The Labute approximate surface area is 109 Å². The molecule has 1 nitrogen and oxygen atoms in total. The van der Waals surface area contributed by atoms with E-state index >= 15 is 0 Å². The Morgan fingerprint density at radius 1 is 1.24 bits per heavy atom. The molecule has 0 aliphatic rings. The van der Waals surface area contributed by atoms with Gasteiger partial charge in [-0.2, -0.15) is 0 Å². The molecule has 0 bridgehead atoms. The first kappa shape index (κ1) is 12.6. The molecule has 1 N–H and O–H groups in total. The van der Waals surface area contributed by atoms with Crippen molar-refractivity contribution in [2.24, 2.45) is 0 Å². The van der Waals surface area contributed by atoms with Crippen molar-refractivity contribution in [3.8, 4) is 0 Å². The van der Waals surface area contributed by atoms with Crippen LogP contribution in [0.4, 0.5) is 4.39 Å². The number of halogens is 2. The molecule has 4 heteroatoms. The van der Waals surface area contributed by atoms with E-state index in [0.717, 1.165) is 18.5 Å². The quantitative estimate of drug-likeness (QED) is 0.813. The number of hydrogen-bond donors (Lipinski definition) is 1. The minimum atomic E-state index is -0.357. The molecule has 0 atom stereocenters. The number of rotatable bonds is 5. The summed E-state index contributed by atoms with van der Waals surface area (Å²) in [6.07, 6.45) is 0.991. The predicted molar refractivity (Wildman–Crippen MR) is 71.1 cm³/mol. The largest absolute Gasteiger partial charge is 0.312 e. The van der Waals surface area contributed by atoms with Gasteiger partial charge in [-0.1, -0.05) is 29.8 Å². The van der Waals surface area contributed by atoms with Crippen LogP contribution in [-0.4, -0.2) is 6.54 Å². The zero-order valence-corrected chi connectivity index (χ0v) is 10.8. The summed E-state index contributed by atoms with van der Waals surface area (Å²) in [6, 6.07) is 9.05. The van der Waals surface area contributed by atoms with E-state index in [-0.39, 0.29) is 10.8 Å². The van der Waals surface area contributed by atoms with Crippen molar-refractivity contribution in [3.05, 3.63) is 57.0 Å². The number of hydrogen-bond acceptors (Lipinski definition) is 2. The van der Waals surface area contributed by atoms with Gasteiger partial charge in [-0.25, -0.2) is 4.39 Å². The highest BCUT2D eigenvalue weighted by Crippen LogP contribution is 2.19. The van der Waals surface area contributed by atoms with Gasteiger partial charge in [0.05, 0.1) is 5.02 Å². The highest BCUT2D eigenvalue weighted by Gasteiger charge is 2.04. The molecule has 0 aliphatic carbocycles. The van der Waals surface area contributed by atoms with Crippen molar-refractivity contribution in [3.63, 3.8) is 0 Å². The smallest absolute Gasteiger partial charge is 0.142 e. The van der Waals surface area contributed by atoms with Gasteiger partial charge in [0, 0.05) is 18.0 Å². The normalized spacial score (nSPS) is 10.7. The minimum absolute atomic E-state index is 0.219. The van der Waals surface area contributed by atoms with Gasteiger partial charge in [0.2, 0.25) is 0 Å². The number of nitrogens with one attached hydrogen (secondary N) is 1. The second kappa shape index (κ2) is 6.15. The molecule has 17 heavy (non-hydrogen) atoms. The maximum Gasteiger partial charge on any atom is 0.142 e. The molecule has 0 unspecified atom stereocenters. The monoisotopic (exact) mass is 269 g/mol. The second-order valence-corrected chi connectivity index (χ2v) is 5.13. The summed E-state index contributed by atoms with van der Waals surface area (Å²) in [5, 5.41) is 5.55. The molecule has 1 aromatic heterocycles. The second-order valence-electron chi connectivity index (χ2n) is 3.72. The van der Waals surface area contributed by atoms with Crippen molar-refractivity contribution < 1.29 is 4.39 Å². The van der Waals surface area contributed by atoms with E-state index in [9.17, 15) is 4.39 Å². The van der Waals surface area contributed by atoms with Crippen molar-refractivity contribution in [2.75, 3.05) is 6.54 Å². The fourth-order valence-electron chi connectivity index (χ4n) is 1.57. The Morgan fingerprint density at radius 2 is 2.12 bits per heavy atom. The van der Waals surface area contributed by atoms with Crippen LogP contribution in [0.2, 0.25) is 5.02 Å². The molecule has 0 saturated heterocycles. The van der Waals surface area contributed by atoms with Gasteiger partial charge in [0.25, 0.3) is 0 Å². The van der Waals surface area contributed by atoms with Gasteiger partial charge in [-0.05, 0) is 29.5 Å². The summed E-state index contributed by atoms with van der Waals surface area (Å²) >= 11 is 7.61. The highest BCUT2D eigenvalue weighted by atomic mass is 35.5. The first-order chi connectivity index (χ1) is 8.27. The molecular formula is C13H13ClFNS. The molecule has 0 radical (unpaired) electrons. The molecular weight excluding hydrogens is 257 g/mol. The van der Waals surface area contributed by atoms with Crippen molar-refractivity contribution in [1.29, 1.82) is 0 Å². The van der Waals surface area contributed by atoms with Crippen molar-refractivity contribution in [1.82, 2.24) is 5.32 Å². The topological polar surface area (TPSA) is 12.0 Å². The Morgan fingerprint density at radius 3 is 2.88 bits per heavy atom. The SMILES string of the molecule is Fc1cccc(CNCCc2cccs2)c1Cl. The third-order valence-corrected chi connectivity index (χ3v) is 3.83. The van der Waals surface area contributed by atoms with Crippen LogP contribution in [0.15, 0.2) is 35.7 Å². The third-order valence-electron chi connectivity index (χ3n) is 2.48. The fraction of sp³-hybridized carbons (Fsp3) is 0.231. The van der Waals surface area contributed by atoms with Crippen molar-refractivity contribution in [2.45, 2.75) is 13.0 Å². The lowest BCUT2D eigenvalue weighted by Gasteiger charge is -2.06. The molecule has 0 saturated carbocycles. The van der Waals surface area contributed by atoms with E-state index in [0.29, 0.717) is 6.54 Å². The Hall–Kier alpha value is -0.900. The molecule has 0 fully saturated rings. The summed E-state index contributed by atoms with van der Waals surface area (Å²) in [5.41, 5.74) is 0.804. The van der Waals surface area contributed by atoms with Crippen LogP contribution >= 0.6 is 22.9 Å². The summed E-state index contributed by atoms with van der Waals surface area (Å²) in [6.45, 7) is 1.47. The standard InChI is InChI=1S/C13H13ClFNS/c14-13-10(3-1-5-12(13)15)9-16-7-6-11-4-2-8-17-11/h1-5,8,16H,6-7,9H2. The van der Waals surface area contributed by atoms with Gasteiger partial charge in [0.1, 0.15) is 5.82 Å². The Bertz CT molecular complexity index is 470. The first-order valence-electron chi connectivity index (χ1n) is 5.43. The predicted octanol–water partition coefficient (Wildman–Crippen LogP) is 3.87. The Balaban J connectivity index is 1.80. The summed E-state index contributed by atoms with van der Waals surface area (Å²) in [4.78, 5) is 1.35. The highest BCUT2D eigenvalue weighted by molar-refractivity contribution is 7.09. The fourth-order valence-corrected chi connectivity index (χ4v) is 2.48. The van der Waals surface area contributed by atoms with Gasteiger partial charge in [-0.3, -0.25) is 0 Å². The maximum atomic E-state index is 13.2. The van der Waals surface area contributed by atoms with E-state index < -0.39 is 0 Å². The average Bonchev–Trinajstić information content (AvgIpc) is 2.83. The molecule has 90 valence electrons. The van der Waals surface area contributed by atoms with E-state index in [1.54, 1.807) is 17.4 Å². The summed E-state index contributed by atoms with van der Waals surface area (Å²) in [7, 11) is 0. The van der Waals surface area contributed by atoms with Gasteiger partial charge in [-0.15, -0.1) is 11.3 Å². The van der Waals surface area contributed by atoms with E-state index in [1.165, 1.54) is 10.9 Å². The average molecular weight is 270 g/mol. The molecule has 1 heterocycles. The lowest BCUT2D eigenvalue weighted by Crippen LogP contribution is -2.16. The van der Waals surface area contributed by atoms with Gasteiger partial charge < -0.3 is 5.32 Å². The number of benzene rings is 1. The van der Waals surface area contributed by atoms with Gasteiger partial charge >= 0.3 is 0 Å². The lowest BCUT2D eigenvalue weighted by atomic mass is 10.2. The molecule has 0 amide bonds. The van der Waals surface area contributed by atoms with Crippen LogP contribution in [0.3, 0.4) is 0 Å². The summed E-state index contributed by atoms with van der Waals surface area (Å²) in [5.74, 6) is -0.357. The zero-order chi connectivity index (χ0) is 12.1. The maximum absolute atomic E-state index is 13.2. The van der Waals surface area contributed by atoms with Crippen LogP contribution in [0, 0.1) is 5.82 Å². The molecule has 2 aromatic rings. The Kier molecular flexibility index (Phi) is 4.54. The number of thiophene rings is 1. The van der Waals surface area contributed by atoms with Crippen LogP contribution in [0.1, 0.15) is 10.4 Å². The van der Waals surface area contributed by atoms with E-state index in [1.807, 2.05) is 12.1 Å². The van der Waals surface area contributed by atoms with E-state index in [2.05, 4.69) is 16.8 Å². The zero-order valence-electron chi connectivity index (χ0n) is 9.25. The van der Waals surface area contributed by atoms with Crippen LogP contribution in [0.25, 0.3) is 0 Å². The molecule has 0 aliphatic heterocycles. The molecule has 0 spiro atoms.